The number of allylic oxidation sites excluding steroid dienone is 1. The number of alkyl halides is 1. The minimum absolute atomic E-state index is 0.0553. The third kappa shape index (κ3) is 2.47. The van der Waals surface area contributed by atoms with E-state index in [0.717, 1.165) is 6.42 Å². The van der Waals surface area contributed by atoms with Crippen molar-refractivity contribution in [2.24, 2.45) is 11.3 Å². The van der Waals surface area contributed by atoms with Crippen LogP contribution in [0.25, 0.3) is 15.7 Å². The molecule has 1 aromatic heterocycles. The molecular formula is C26H31ClN2. The van der Waals surface area contributed by atoms with Gasteiger partial charge in [0.25, 0.3) is 0 Å². The molecule has 29 heavy (non-hydrogen) atoms. The smallest absolute Gasteiger partial charge is 0.240 e. The van der Waals surface area contributed by atoms with E-state index in [0.29, 0.717) is 5.92 Å². The molecule has 0 spiro atoms. The number of aromatic nitrogens is 1. The first-order chi connectivity index (χ1) is 13.5. The first kappa shape index (κ1) is 20.3. The first-order valence-corrected chi connectivity index (χ1v) is 10.9. The van der Waals surface area contributed by atoms with Crippen LogP contribution in [0.2, 0.25) is 0 Å². The van der Waals surface area contributed by atoms with Crippen LogP contribution in [-0.4, -0.2) is 16.0 Å². The van der Waals surface area contributed by atoms with E-state index < -0.39 is 5.41 Å². The van der Waals surface area contributed by atoms with Crippen molar-refractivity contribution in [3.05, 3.63) is 72.2 Å². The highest BCUT2D eigenvalue weighted by atomic mass is 35.5. The van der Waals surface area contributed by atoms with E-state index in [2.05, 4.69) is 81.6 Å². The van der Waals surface area contributed by atoms with E-state index in [1.807, 2.05) is 12.2 Å². The highest BCUT2D eigenvalue weighted by Gasteiger charge is 2.60. The fourth-order valence-corrected chi connectivity index (χ4v) is 6.31. The van der Waals surface area contributed by atoms with Gasteiger partial charge in [0, 0.05) is 17.1 Å². The molecule has 0 unspecified atom stereocenters. The van der Waals surface area contributed by atoms with Crippen molar-refractivity contribution in [3.63, 3.8) is 0 Å². The molecule has 3 heteroatoms. The van der Waals surface area contributed by atoms with Gasteiger partial charge in [0.2, 0.25) is 6.04 Å². The highest BCUT2D eigenvalue weighted by molar-refractivity contribution is 6.21. The van der Waals surface area contributed by atoms with Gasteiger partial charge >= 0.3 is 0 Å². The average molecular weight is 407 g/mol. The van der Waals surface area contributed by atoms with Gasteiger partial charge in [0.1, 0.15) is 0 Å². The van der Waals surface area contributed by atoms with Gasteiger partial charge in [-0.1, -0.05) is 38.1 Å². The zero-order valence-corrected chi connectivity index (χ0v) is 18.9. The third-order valence-electron chi connectivity index (χ3n) is 8.09. The van der Waals surface area contributed by atoms with Crippen LogP contribution in [0.4, 0.5) is 0 Å². The molecule has 0 amide bonds. The molecule has 0 aliphatic heterocycles. The number of halogens is 1. The Hall–Kier alpha value is -1.98. The lowest BCUT2D eigenvalue weighted by molar-refractivity contribution is 0.123. The Kier molecular flexibility index (Phi) is 4.38. The largest absolute Gasteiger partial charge is 0.338 e. The summed E-state index contributed by atoms with van der Waals surface area (Å²) >= 11 is 6.94. The van der Waals surface area contributed by atoms with Crippen LogP contribution in [0.3, 0.4) is 0 Å². The van der Waals surface area contributed by atoms with Gasteiger partial charge in [-0.05, 0) is 55.7 Å². The highest BCUT2D eigenvalue weighted by Crippen LogP contribution is 2.61. The zero-order chi connectivity index (χ0) is 21.4. The topological polar surface area (TPSA) is 9.29 Å². The van der Waals surface area contributed by atoms with E-state index in [1.165, 1.54) is 22.0 Å². The number of fused-ring (bicyclic) bond motifs is 2. The van der Waals surface area contributed by atoms with Crippen molar-refractivity contribution in [3.8, 4) is 0 Å². The molecular weight excluding hydrogens is 376 g/mol. The summed E-state index contributed by atoms with van der Waals surface area (Å²) < 4.78 is 2.34. The second kappa shape index (κ2) is 6.26. The van der Waals surface area contributed by atoms with Crippen molar-refractivity contribution >= 4 is 22.5 Å². The van der Waals surface area contributed by atoms with Crippen molar-refractivity contribution in [2.75, 3.05) is 0 Å². The van der Waals surface area contributed by atoms with Crippen LogP contribution in [0.1, 0.15) is 58.1 Å². The number of hydrogen-bond acceptors (Lipinski definition) is 0. The Morgan fingerprint density at radius 2 is 1.97 bits per heavy atom. The number of hydrogen-bond donors (Lipinski definition) is 0. The fraction of sp³-hybridized carbons (Fsp3) is 0.500. The summed E-state index contributed by atoms with van der Waals surface area (Å²) in [5.41, 5.74) is 3.23. The van der Waals surface area contributed by atoms with Crippen molar-refractivity contribution in [1.29, 1.82) is 0 Å². The molecule has 0 bridgehead atoms. The van der Waals surface area contributed by atoms with E-state index in [9.17, 15) is 0 Å². The van der Waals surface area contributed by atoms with Gasteiger partial charge in [-0.25, -0.2) is 6.57 Å². The molecule has 2 nitrogen and oxygen atoms in total. The Balaban J connectivity index is 2.09. The number of nitrogens with zero attached hydrogens (tertiary/aromatic N) is 2. The predicted octanol–water partition coefficient (Wildman–Crippen LogP) is 7.04. The average Bonchev–Trinajstić information content (AvgIpc) is 3.08. The van der Waals surface area contributed by atoms with Crippen LogP contribution in [0.5, 0.6) is 0 Å². The van der Waals surface area contributed by atoms with Crippen molar-refractivity contribution in [2.45, 2.75) is 69.3 Å². The molecule has 2 aromatic rings. The SMILES string of the molecule is [C-]#[N+][C@@H]1[C@@H]2c3cn(C(C)(C)C=C)c4cccc(c34)C(C)(C)[C@H]2C[C@@H](Cl)[C@]1(C)C=C. The Morgan fingerprint density at radius 3 is 2.55 bits per heavy atom. The quantitative estimate of drug-likeness (QED) is 0.293. The second-order valence-electron chi connectivity index (χ2n) is 10.2. The summed E-state index contributed by atoms with van der Waals surface area (Å²) in [6.45, 7) is 27.5. The standard InChI is InChI=1S/C26H31ClN2/c1-9-24(3,4)29-15-16-21-17(12-11-13-19(21)29)25(5,6)18-14-20(27)26(7,10-2)23(28-8)22(16)18/h9-13,15,18,20,22-23H,1-2,14H2,3-7H3/t18-,20+,22+,23+,26-/m0/s1. The van der Waals surface area contributed by atoms with Crippen LogP contribution < -0.4 is 0 Å². The monoisotopic (exact) mass is 406 g/mol. The van der Waals surface area contributed by atoms with Crippen molar-refractivity contribution < 1.29 is 0 Å². The van der Waals surface area contributed by atoms with Gasteiger partial charge in [-0.15, -0.1) is 24.8 Å². The van der Waals surface area contributed by atoms with E-state index in [-0.39, 0.29) is 28.3 Å². The minimum Gasteiger partial charge on any atom is -0.338 e. The van der Waals surface area contributed by atoms with Crippen LogP contribution in [0, 0.1) is 17.9 Å². The molecule has 1 saturated carbocycles. The summed E-state index contributed by atoms with van der Waals surface area (Å²) in [5.74, 6) is 0.456. The molecule has 2 aliphatic rings. The molecule has 2 aliphatic carbocycles. The maximum atomic E-state index is 8.14. The van der Waals surface area contributed by atoms with E-state index >= 15 is 0 Å². The summed E-state index contributed by atoms with van der Waals surface area (Å²) in [7, 11) is 0. The maximum Gasteiger partial charge on any atom is 0.240 e. The molecule has 0 N–H and O–H groups in total. The summed E-state index contributed by atoms with van der Waals surface area (Å²) in [6.07, 6.45) is 7.11. The van der Waals surface area contributed by atoms with Gasteiger partial charge in [-0.3, -0.25) is 0 Å². The zero-order valence-electron chi connectivity index (χ0n) is 18.2. The van der Waals surface area contributed by atoms with Gasteiger partial charge in [0.05, 0.1) is 22.2 Å². The molecule has 1 fully saturated rings. The van der Waals surface area contributed by atoms with Gasteiger partial charge in [-0.2, -0.15) is 0 Å². The molecule has 0 saturated heterocycles. The number of benzene rings is 1. The summed E-state index contributed by atoms with van der Waals surface area (Å²) in [5, 5.41) is 1.23. The third-order valence-corrected chi connectivity index (χ3v) is 8.73. The first-order valence-electron chi connectivity index (χ1n) is 10.5. The Labute approximate surface area is 180 Å². The maximum absolute atomic E-state index is 8.14. The molecule has 1 heterocycles. The normalized spacial score (nSPS) is 33.0. The predicted molar refractivity (Wildman–Crippen MR) is 124 cm³/mol. The van der Waals surface area contributed by atoms with Crippen LogP contribution in [0.15, 0.2) is 49.7 Å². The lowest BCUT2D eigenvalue weighted by Crippen LogP contribution is -2.54. The van der Waals surface area contributed by atoms with Crippen molar-refractivity contribution in [1.82, 2.24) is 4.57 Å². The summed E-state index contributed by atoms with van der Waals surface area (Å²) in [4.78, 5) is 4.19. The molecule has 4 rings (SSSR count). The molecule has 1 aromatic carbocycles. The van der Waals surface area contributed by atoms with E-state index in [1.54, 1.807) is 0 Å². The fourth-order valence-electron chi connectivity index (χ4n) is 5.90. The Morgan fingerprint density at radius 1 is 1.28 bits per heavy atom. The minimum atomic E-state index is -0.408. The molecule has 0 radical (unpaired) electrons. The van der Waals surface area contributed by atoms with Crippen LogP contribution >= 0.6 is 11.6 Å². The molecule has 5 atom stereocenters. The molecule has 152 valence electrons. The lowest BCUT2D eigenvalue weighted by atomic mass is 9.51. The second-order valence-corrected chi connectivity index (χ2v) is 10.7. The Bertz CT molecular complexity index is 1050. The number of rotatable bonds is 3. The summed E-state index contributed by atoms with van der Waals surface area (Å²) in [6, 6.07) is 6.42. The van der Waals surface area contributed by atoms with Gasteiger partial charge in [0.15, 0.2) is 0 Å². The van der Waals surface area contributed by atoms with Gasteiger partial charge < -0.3 is 9.41 Å². The lowest BCUT2D eigenvalue weighted by Gasteiger charge is -2.52. The van der Waals surface area contributed by atoms with Crippen LogP contribution in [-0.2, 0) is 11.0 Å². The van der Waals surface area contributed by atoms with E-state index in [4.69, 9.17) is 18.2 Å².